The average molecular weight is 275 g/mol. The smallest absolute Gasteiger partial charge is 0.303 e. The van der Waals surface area contributed by atoms with Crippen LogP contribution in [0.4, 0.5) is 0 Å². The number of rotatable bonds is 4. The Morgan fingerprint density at radius 1 is 1.11 bits per heavy atom. The maximum atomic E-state index is 11.3. The van der Waals surface area contributed by atoms with Crippen molar-refractivity contribution >= 4 is 11.9 Å². The second-order valence-corrected chi connectivity index (χ2v) is 4.45. The number of methoxy groups -OCH3 is 2. The number of hydrogen-bond acceptors (Lipinski definition) is 6. The first-order chi connectivity index (χ1) is 8.90. The van der Waals surface area contributed by atoms with E-state index in [9.17, 15) is 9.59 Å². The van der Waals surface area contributed by atoms with Gasteiger partial charge in [0.1, 0.15) is 6.10 Å². The molecular formula is C12H21NO6. The minimum absolute atomic E-state index is 0.242. The molecule has 19 heavy (non-hydrogen) atoms. The Kier molecular flexibility index (Phi) is 5.71. The molecule has 0 aliphatic carbocycles. The maximum absolute atomic E-state index is 11.3. The number of carbonyl (C=O) groups is 2. The SMILES string of the molecule is CO[C@H]1O[C@H](C)[C@H](OC(C)=O)[C@@H](NC(C)=O)[C@H]1OC. The zero-order valence-electron chi connectivity index (χ0n) is 11.8. The van der Waals surface area contributed by atoms with E-state index in [1.165, 1.54) is 28.1 Å². The van der Waals surface area contributed by atoms with E-state index in [-0.39, 0.29) is 5.91 Å². The molecule has 0 aromatic carbocycles. The van der Waals surface area contributed by atoms with Crippen molar-refractivity contribution in [2.24, 2.45) is 0 Å². The van der Waals surface area contributed by atoms with Crippen LogP contribution in [-0.4, -0.2) is 56.7 Å². The first-order valence-electron chi connectivity index (χ1n) is 6.06. The van der Waals surface area contributed by atoms with Crippen LogP contribution in [0.2, 0.25) is 0 Å². The molecule has 0 aromatic rings. The molecule has 7 nitrogen and oxygen atoms in total. The van der Waals surface area contributed by atoms with Crippen LogP contribution in [0.15, 0.2) is 0 Å². The Labute approximate surface area is 112 Å². The molecule has 0 unspecified atom stereocenters. The van der Waals surface area contributed by atoms with E-state index in [1.54, 1.807) is 6.92 Å². The Bertz CT molecular complexity index is 334. The predicted molar refractivity (Wildman–Crippen MR) is 65.3 cm³/mol. The van der Waals surface area contributed by atoms with Gasteiger partial charge in [0.25, 0.3) is 0 Å². The van der Waals surface area contributed by atoms with Crippen LogP contribution in [0, 0.1) is 0 Å². The molecule has 1 aliphatic rings. The number of hydrogen-bond donors (Lipinski definition) is 1. The number of ether oxygens (including phenoxy) is 4. The predicted octanol–water partition coefficient (Wildman–Crippen LogP) is -0.171. The molecule has 0 radical (unpaired) electrons. The summed E-state index contributed by atoms with van der Waals surface area (Å²) >= 11 is 0. The van der Waals surface area contributed by atoms with Gasteiger partial charge in [0.15, 0.2) is 12.4 Å². The summed E-state index contributed by atoms with van der Waals surface area (Å²) in [5.74, 6) is -0.685. The van der Waals surface area contributed by atoms with Crippen LogP contribution in [0.25, 0.3) is 0 Å². The van der Waals surface area contributed by atoms with Crippen LogP contribution in [-0.2, 0) is 28.5 Å². The van der Waals surface area contributed by atoms with Gasteiger partial charge in [0.05, 0.1) is 12.1 Å². The molecule has 7 heteroatoms. The van der Waals surface area contributed by atoms with Gasteiger partial charge in [-0.05, 0) is 6.92 Å². The van der Waals surface area contributed by atoms with E-state index < -0.39 is 36.6 Å². The third-order valence-electron chi connectivity index (χ3n) is 2.96. The van der Waals surface area contributed by atoms with Crippen LogP contribution < -0.4 is 5.32 Å². The fourth-order valence-corrected chi connectivity index (χ4v) is 2.22. The van der Waals surface area contributed by atoms with Gasteiger partial charge in [0, 0.05) is 28.1 Å². The van der Waals surface area contributed by atoms with Gasteiger partial charge in [-0.3, -0.25) is 9.59 Å². The summed E-state index contributed by atoms with van der Waals surface area (Å²) in [6.45, 7) is 4.45. The van der Waals surface area contributed by atoms with Crippen molar-refractivity contribution in [2.75, 3.05) is 14.2 Å². The molecule has 1 aliphatic heterocycles. The minimum atomic E-state index is -0.636. The highest BCUT2D eigenvalue weighted by molar-refractivity contribution is 5.73. The highest BCUT2D eigenvalue weighted by atomic mass is 16.7. The summed E-state index contributed by atoms with van der Waals surface area (Å²) in [6, 6.07) is -0.528. The number of esters is 1. The van der Waals surface area contributed by atoms with E-state index >= 15 is 0 Å². The number of amides is 1. The fourth-order valence-electron chi connectivity index (χ4n) is 2.22. The topological polar surface area (TPSA) is 83.1 Å². The van der Waals surface area contributed by atoms with Crippen molar-refractivity contribution in [3.8, 4) is 0 Å². The lowest BCUT2D eigenvalue weighted by Crippen LogP contribution is -2.64. The third kappa shape index (κ3) is 3.89. The third-order valence-corrected chi connectivity index (χ3v) is 2.96. The van der Waals surface area contributed by atoms with E-state index in [4.69, 9.17) is 18.9 Å². The van der Waals surface area contributed by atoms with Gasteiger partial charge < -0.3 is 24.3 Å². The molecule has 5 atom stereocenters. The van der Waals surface area contributed by atoms with Crippen molar-refractivity contribution in [3.63, 3.8) is 0 Å². The minimum Gasteiger partial charge on any atom is -0.457 e. The largest absolute Gasteiger partial charge is 0.457 e. The Morgan fingerprint density at radius 2 is 1.74 bits per heavy atom. The monoisotopic (exact) mass is 275 g/mol. The second kappa shape index (κ2) is 6.83. The van der Waals surface area contributed by atoms with Gasteiger partial charge in [-0.25, -0.2) is 0 Å². The molecule has 1 rings (SSSR count). The molecule has 1 saturated heterocycles. The van der Waals surface area contributed by atoms with E-state index in [0.29, 0.717) is 0 Å². The molecule has 0 spiro atoms. The summed E-state index contributed by atoms with van der Waals surface area (Å²) in [5.41, 5.74) is 0. The molecule has 0 saturated carbocycles. The molecule has 1 heterocycles. The van der Waals surface area contributed by atoms with Crippen molar-refractivity contribution in [1.29, 1.82) is 0 Å². The number of nitrogens with one attached hydrogen (secondary N) is 1. The summed E-state index contributed by atoms with van der Waals surface area (Å²) in [7, 11) is 2.97. The first kappa shape index (κ1) is 15.9. The zero-order chi connectivity index (χ0) is 14.6. The Balaban J connectivity index is 2.97. The van der Waals surface area contributed by atoms with Crippen molar-refractivity contribution < 1.29 is 28.5 Å². The molecule has 1 N–H and O–H groups in total. The normalized spacial score (nSPS) is 34.7. The van der Waals surface area contributed by atoms with Gasteiger partial charge in [-0.1, -0.05) is 0 Å². The average Bonchev–Trinajstić information content (AvgIpc) is 2.32. The van der Waals surface area contributed by atoms with Gasteiger partial charge in [-0.15, -0.1) is 0 Å². The molecule has 110 valence electrons. The summed E-state index contributed by atoms with van der Waals surface area (Å²) in [5, 5.41) is 2.73. The highest BCUT2D eigenvalue weighted by Gasteiger charge is 2.47. The van der Waals surface area contributed by atoms with E-state index in [2.05, 4.69) is 5.32 Å². The second-order valence-electron chi connectivity index (χ2n) is 4.45. The fraction of sp³-hybridized carbons (Fsp3) is 0.833. The lowest BCUT2D eigenvalue weighted by Gasteiger charge is -2.44. The lowest BCUT2D eigenvalue weighted by molar-refractivity contribution is -0.270. The first-order valence-corrected chi connectivity index (χ1v) is 6.06. The van der Waals surface area contributed by atoms with E-state index in [1.807, 2.05) is 0 Å². The van der Waals surface area contributed by atoms with Gasteiger partial charge >= 0.3 is 5.97 Å². The van der Waals surface area contributed by atoms with Crippen molar-refractivity contribution in [2.45, 2.75) is 51.4 Å². The van der Waals surface area contributed by atoms with Crippen LogP contribution in [0.5, 0.6) is 0 Å². The van der Waals surface area contributed by atoms with Crippen LogP contribution in [0.1, 0.15) is 20.8 Å². The summed E-state index contributed by atoms with van der Waals surface area (Å²) < 4.78 is 21.3. The maximum Gasteiger partial charge on any atom is 0.303 e. The molecular weight excluding hydrogens is 254 g/mol. The molecule has 0 bridgehead atoms. The Morgan fingerprint density at radius 3 is 2.16 bits per heavy atom. The van der Waals surface area contributed by atoms with Crippen molar-refractivity contribution in [3.05, 3.63) is 0 Å². The lowest BCUT2D eigenvalue weighted by atomic mass is 9.96. The van der Waals surface area contributed by atoms with Crippen molar-refractivity contribution in [1.82, 2.24) is 5.32 Å². The van der Waals surface area contributed by atoms with Crippen LogP contribution in [0.3, 0.4) is 0 Å². The zero-order valence-corrected chi connectivity index (χ0v) is 11.8. The molecule has 0 aromatic heterocycles. The van der Waals surface area contributed by atoms with E-state index in [0.717, 1.165) is 0 Å². The molecule has 1 amide bonds. The Hall–Kier alpha value is -1.18. The standard InChI is InChI=1S/C12H21NO6/c1-6-10(19-8(3)15)9(13-7(2)14)11(16-4)12(17-5)18-6/h6,9-12H,1-5H3,(H,13,14)/t6-,9-,10+,11-,12+/m1/s1. The van der Waals surface area contributed by atoms with Gasteiger partial charge in [0.2, 0.25) is 5.91 Å². The summed E-state index contributed by atoms with van der Waals surface area (Å²) in [6.07, 6.45) is -2.24. The van der Waals surface area contributed by atoms with Crippen LogP contribution >= 0.6 is 0 Å². The molecule has 1 fully saturated rings. The highest BCUT2D eigenvalue weighted by Crippen LogP contribution is 2.25. The summed E-state index contributed by atoms with van der Waals surface area (Å²) in [4.78, 5) is 22.5. The number of carbonyl (C=O) groups excluding carboxylic acids is 2. The quantitative estimate of drug-likeness (QED) is 0.717. The van der Waals surface area contributed by atoms with Gasteiger partial charge in [-0.2, -0.15) is 0 Å².